The Balaban J connectivity index is 1.53. The van der Waals surface area contributed by atoms with Crippen molar-refractivity contribution in [1.82, 2.24) is 14.8 Å². The van der Waals surface area contributed by atoms with E-state index in [4.69, 9.17) is 26.3 Å². The van der Waals surface area contributed by atoms with E-state index < -0.39 is 18.5 Å². The maximum absolute atomic E-state index is 12.2. The van der Waals surface area contributed by atoms with Gasteiger partial charge in [0.05, 0.1) is 11.4 Å². The van der Waals surface area contributed by atoms with Crippen LogP contribution < -0.4 is 10.1 Å². The monoisotopic (exact) mass is 437 g/mol. The number of nitrogens with one attached hydrogen (secondary N) is 1. The summed E-state index contributed by atoms with van der Waals surface area (Å²) in [5.74, 6) is -0.670. The van der Waals surface area contributed by atoms with Gasteiger partial charge in [-0.15, -0.1) is 0 Å². The fraction of sp³-hybridized carbons (Fsp3) is 0.0952. The second-order valence-electron chi connectivity index (χ2n) is 6.01. The Morgan fingerprint density at radius 3 is 2.74 bits per heavy atom. The number of hydrogen-bond acceptors (Lipinski definition) is 7. The highest BCUT2D eigenvalue weighted by Gasteiger charge is 2.11. The molecule has 0 saturated carbocycles. The molecule has 0 unspecified atom stereocenters. The van der Waals surface area contributed by atoms with E-state index in [0.717, 1.165) is 5.56 Å². The molecule has 1 aromatic heterocycles. The zero-order valence-corrected chi connectivity index (χ0v) is 16.8. The highest BCUT2D eigenvalue weighted by molar-refractivity contribution is 6.31. The molecule has 0 atom stereocenters. The van der Waals surface area contributed by atoms with Crippen LogP contribution in [-0.2, 0) is 14.3 Å². The molecule has 0 aliphatic carbocycles. The number of carbonyl (C=O) groups excluding carboxylic acids is 2. The van der Waals surface area contributed by atoms with Crippen LogP contribution in [0.1, 0.15) is 5.56 Å². The Bertz CT molecular complexity index is 1120. The third-order valence-electron chi connectivity index (χ3n) is 3.84. The van der Waals surface area contributed by atoms with Crippen LogP contribution in [0.5, 0.6) is 5.75 Å². The maximum Gasteiger partial charge on any atom is 0.331 e. The van der Waals surface area contributed by atoms with Crippen molar-refractivity contribution in [2.75, 3.05) is 18.5 Å². The molecular weight excluding hydrogens is 422 g/mol. The summed E-state index contributed by atoms with van der Waals surface area (Å²) < 4.78 is 11.6. The average molecular weight is 438 g/mol. The topological polar surface area (TPSA) is 119 Å². The number of hydrogen-bond donors (Lipinski definition) is 1. The summed E-state index contributed by atoms with van der Waals surface area (Å²) in [6.45, 7) is -0.521. The summed E-state index contributed by atoms with van der Waals surface area (Å²) in [4.78, 5) is 28.0. The summed E-state index contributed by atoms with van der Waals surface area (Å²) in [6, 6.07) is 13.5. The molecule has 9 nitrogen and oxygen atoms in total. The minimum atomic E-state index is -0.678. The lowest BCUT2D eigenvalue weighted by atomic mass is 10.2. The van der Waals surface area contributed by atoms with E-state index in [1.54, 1.807) is 42.5 Å². The molecule has 0 bridgehead atoms. The quantitative estimate of drug-likeness (QED) is 0.425. The minimum Gasteiger partial charge on any atom is -0.479 e. The van der Waals surface area contributed by atoms with Gasteiger partial charge in [0.15, 0.2) is 13.2 Å². The van der Waals surface area contributed by atoms with Gasteiger partial charge in [0.1, 0.15) is 24.5 Å². The van der Waals surface area contributed by atoms with Crippen LogP contribution in [-0.4, -0.2) is 39.9 Å². The van der Waals surface area contributed by atoms with Crippen molar-refractivity contribution in [2.45, 2.75) is 0 Å². The summed E-state index contributed by atoms with van der Waals surface area (Å²) in [7, 11) is 0. The predicted octanol–water partition coefficient (Wildman–Crippen LogP) is 3.02. The van der Waals surface area contributed by atoms with Gasteiger partial charge >= 0.3 is 5.97 Å². The van der Waals surface area contributed by atoms with E-state index in [-0.39, 0.29) is 6.61 Å². The first-order chi connectivity index (χ1) is 15.0. The number of benzene rings is 2. The number of amides is 1. The molecule has 0 fully saturated rings. The third kappa shape index (κ3) is 6.42. The number of rotatable bonds is 8. The first-order valence-electron chi connectivity index (χ1n) is 8.94. The summed E-state index contributed by atoms with van der Waals surface area (Å²) in [5.41, 5.74) is 1.68. The molecule has 1 amide bonds. The Hall–Kier alpha value is -4.16. The zero-order chi connectivity index (χ0) is 22.1. The van der Waals surface area contributed by atoms with Gasteiger partial charge in [0.2, 0.25) is 0 Å². The van der Waals surface area contributed by atoms with Gasteiger partial charge in [-0.2, -0.15) is 10.4 Å². The molecule has 0 radical (unpaired) electrons. The van der Waals surface area contributed by atoms with Crippen LogP contribution in [0.25, 0.3) is 11.8 Å². The molecule has 0 aliphatic rings. The lowest BCUT2D eigenvalue weighted by Gasteiger charge is -2.11. The fourth-order valence-corrected chi connectivity index (χ4v) is 2.64. The molecule has 0 saturated heterocycles. The van der Waals surface area contributed by atoms with Gasteiger partial charge in [-0.05, 0) is 42.0 Å². The number of halogens is 1. The SMILES string of the molecule is N#CCOc1ccc(/C=C/C(=O)OCC(=O)Nc2cc(Cl)ccc2-n2cncn2)cc1. The van der Waals surface area contributed by atoms with Crippen molar-refractivity contribution in [2.24, 2.45) is 0 Å². The molecule has 2 aromatic carbocycles. The molecule has 3 aromatic rings. The van der Waals surface area contributed by atoms with E-state index in [2.05, 4.69) is 15.4 Å². The van der Waals surface area contributed by atoms with Gasteiger partial charge in [-0.25, -0.2) is 14.5 Å². The number of ether oxygens (including phenoxy) is 2. The van der Waals surface area contributed by atoms with Crippen LogP contribution in [0.2, 0.25) is 5.02 Å². The van der Waals surface area contributed by atoms with E-state index >= 15 is 0 Å². The van der Waals surface area contributed by atoms with Crippen LogP contribution in [0.15, 0.2) is 61.2 Å². The molecule has 10 heteroatoms. The van der Waals surface area contributed by atoms with Crippen LogP contribution in [0.3, 0.4) is 0 Å². The molecule has 31 heavy (non-hydrogen) atoms. The Morgan fingerprint density at radius 2 is 2.03 bits per heavy atom. The number of carbonyl (C=O) groups is 2. The summed E-state index contributed by atoms with van der Waals surface area (Å²) in [5, 5.41) is 15.6. The fourth-order valence-electron chi connectivity index (χ4n) is 2.47. The van der Waals surface area contributed by atoms with Crippen molar-refractivity contribution in [3.8, 4) is 17.5 Å². The van der Waals surface area contributed by atoms with Crippen molar-refractivity contribution >= 4 is 35.2 Å². The normalized spacial score (nSPS) is 10.5. The minimum absolute atomic E-state index is 0.0426. The average Bonchev–Trinajstić information content (AvgIpc) is 3.30. The van der Waals surface area contributed by atoms with E-state index in [1.807, 2.05) is 6.07 Å². The predicted molar refractivity (Wildman–Crippen MR) is 113 cm³/mol. The Kier molecular flexibility index (Phi) is 7.35. The van der Waals surface area contributed by atoms with Crippen LogP contribution in [0, 0.1) is 11.3 Å². The molecule has 3 rings (SSSR count). The largest absolute Gasteiger partial charge is 0.479 e. The number of aromatic nitrogens is 3. The number of anilines is 1. The first kappa shape index (κ1) is 21.5. The smallest absolute Gasteiger partial charge is 0.331 e. The standard InChI is InChI=1S/C21H16ClN5O4/c22-16-4-7-19(27-14-24-13-25-27)18(11-16)26-20(28)12-31-21(29)8-3-15-1-5-17(6-2-15)30-10-9-23/h1-8,11,13-14H,10,12H2,(H,26,28)/b8-3+. The summed E-state index contributed by atoms with van der Waals surface area (Å²) >= 11 is 6.01. The highest BCUT2D eigenvalue weighted by Crippen LogP contribution is 2.23. The van der Waals surface area contributed by atoms with Crippen molar-refractivity contribution in [3.63, 3.8) is 0 Å². The molecule has 1 N–H and O–H groups in total. The Morgan fingerprint density at radius 1 is 1.23 bits per heavy atom. The maximum atomic E-state index is 12.2. The van der Waals surface area contributed by atoms with Gasteiger partial charge in [-0.3, -0.25) is 4.79 Å². The molecule has 0 aliphatic heterocycles. The second kappa shape index (κ2) is 10.6. The molecular formula is C21H16ClN5O4. The van der Waals surface area contributed by atoms with E-state index in [9.17, 15) is 9.59 Å². The first-order valence-corrected chi connectivity index (χ1v) is 9.32. The van der Waals surface area contributed by atoms with Gasteiger partial charge in [0, 0.05) is 11.1 Å². The number of nitrogens with zero attached hydrogens (tertiary/aromatic N) is 4. The second-order valence-corrected chi connectivity index (χ2v) is 6.44. The van der Waals surface area contributed by atoms with E-state index in [1.165, 1.54) is 29.5 Å². The van der Waals surface area contributed by atoms with Gasteiger partial charge in [0.25, 0.3) is 5.91 Å². The van der Waals surface area contributed by atoms with Crippen molar-refractivity contribution in [3.05, 3.63) is 71.8 Å². The summed E-state index contributed by atoms with van der Waals surface area (Å²) in [6.07, 6.45) is 5.58. The van der Waals surface area contributed by atoms with Crippen LogP contribution >= 0.6 is 11.6 Å². The van der Waals surface area contributed by atoms with Crippen molar-refractivity contribution in [1.29, 1.82) is 5.26 Å². The number of esters is 1. The van der Waals surface area contributed by atoms with Crippen LogP contribution in [0.4, 0.5) is 5.69 Å². The molecule has 1 heterocycles. The zero-order valence-electron chi connectivity index (χ0n) is 16.1. The lowest BCUT2D eigenvalue weighted by Crippen LogP contribution is -2.21. The van der Waals surface area contributed by atoms with Crippen molar-refractivity contribution < 1.29 is 19.1 Å². The molecule has 0 spiro atoms. The highest BCUT2D eigenvalue weighted by atomic mass is 35.5. The Labute approximate surface area is 182 Å². The van der Waals surface area contributed by atoms with E-state index in [0.29, 0.717) is 22.1 Å². The van der Waals surface area contributed by atoms with Gasteiger partial charge < -0.3 is 14.8 Å². The third-order valence-corrected chi connectivity index (χ3v) is 4.07. The number of nitriles is 1. The van der Waals surface area contributed by atoms with Gasteiger partial charge in [-0.1, -0.05) is 23.7 Å². The lowest BCUT2D eigenvalue weighted by molar-refractivity contribution is -0.142. The molecule has 156 valence electrons.